The fourth-order valence-electron chi connectivity index (χ4n) is 2.23. The van der Waals surface area contributed by atoms with Gasteiger partial charge in [-0.05, 0) is 46.7 Å². The lowest BCUT2D eigenvalue weighted by Crippen LogP contribution is -2.19. The maximum atomic E-state index is 14.4. The van der Waals surface area contributed by atoms with Gasteiger partial charge in [0.2, 0.25) is 0 Å². The molecular weight excluding hydrogens is 355 g/mol. The monoisotopic (exact) mass is 370 g/mol. The lowest BCUT2D eigenvalue weighted by molar-refractivity contribution is 0.576. The molecule has 1 N–H and O–H groups in total. The molecule has 0 spiro atoms. The van der Waals surface area contributed by atoms with Crippen molar-refractivity contribution in [1.29, 1.82) is 0 Å². The summed E-state index contributed by atoms with van der Waals surface area (Å²) in [4.78, 5) is 2.02. The summed E-state index contributed by atoms with van der Waals surface area (Å²) in [6, 6.07) is 11.3. The molecule has 0 aliphatic carbocycles. The lowest BCUT2D eigenvalue weighted by atomic mass is 9.98. The van der Waals surface area contributed by atoms with E-state index in [-0.39, 0.29) is 11.1 Å². The minimum atomic E-state index is -0.401. The van der Waals surface area contributed by atoms with Gasteiger partial charge in [0.25, 0.3) is 0 Å². The highest BCUT2D eigenvalue weighted by atomic mass is 79.9. The van der Waals surface area contributed by atoms with Gasteiger partial charge in [0.1, 0.15) is 5.82 Å². The summed E-state index contributed by atoms with van der Waals surface area (Å²) < 4.78 is 14.9. The number of hydrogen-bond acceptors (Lipinski definition) is 2. The van der Waals surface area contributed by atoms with Gasteiger partial charge in [-0.2, -0.15) is 0 Å². The fourth-order valence-corrected chi connectivity index (χ4v) is 2.71. The Morgan fingerprint density at radius 3 is 2.29 bits per heavy atom. The fraction of sp³-hybridized carbons (Fsp3) is 0.250. The van der Waals surface area contributed by atoms with Gasteiger partial charge in [0.05, 0.1) is 11.1 Å². The average molecular weight is 372 g/mol. The van der Waals surface area contributed by atoms with Crippen LogP contribution in [0, 0.1) is 5.82 Å². The Bertz CT molecular complexity index is 629. The molecule has 1 unspecified atom stereocenters. The minimum Gasteiger partial charge on any atom is -0.378 e. The van der Waals surface area contributed by atoms with Crippen LogP contribution in [0.1, 0.15) is 17.2 Å². The zero-order valence-electron chi connectivity index (χ0n) is 12.1. The first kappa shape index (κ1) is 16.3. The van der Waals surface area contributed by atoms with Crippen molar-refractivity contribution in [2.45, 2.75) is 6.04 Å². The van der Waals surface area contributed by atoms with E-state index >= 15 is 0 Å². The first-order valence-corrected chi connectivity index (χ1v) is 7.70. The van der Waals surface area contributed by atoms with Gasteiger partial charge < -0.3 is 10.2 Å². The summed E-state index contributed by atoms with van der Waals surface area (Å²) in [7, 11) is 5.78. The molecule has 2 nitrogen and oxygen atoms in total. The van der Waals surface area contributed by atoms with Crippen molar-refractivity contribution in [2.24, 2.45) is 0 Å². The molecule has 2 rings (SSSR count). The first-order valence-electron chi connectivity index (χ1n) is 6.53. The average Bonchev–Trinajstić information content (AvgIpc) is 2.48. The van der Waals surface area contributed by atoms with Crippen molar-refractivity contribution < 1.29 is 4.39 Å². The SMILES string of the molecule is CNC(c1ccc(N(C)C)cc1)c1ccc(Br)c(Cl)c1F. The highest BCUT2D eigenvalue weighted by Crippen LogP contribution is 2.33. The molecule has 0 heterocycles. The van der Waals surface area contributed by atoms with Gasteiger partial charge in [-0.3, -0.25) is 0 Å². The smallest absolute Gasteiger partial charge is 0.148 e. The molecule has 0 amide bonds. The Labute approximate surface area is 138 Å². The van der Waals surface area contributed by atoms with Crippen LogP contribution in [0.5, 0.6) is 0 Å². The Morgan fingerprint density at radius 1 is 1.14 bits per heavy atom. The van der Waals surface area contributed by atoms with Gasteiger partial charge in [0, 0.05) is 29.8 Å². The normalized spacial score (nSPS) is 12.3. The molecule has 0 aliphatic heterocycles. The summed E-state index contributed by atoms with van der Waals surface area (Å²) in [6.07, 6.45) is 0. The first-order chi connectivity index (χ1) is 9.95. The summed E-state index contributed by atoms with van der Waals surface area (Å²) in [6.45, 7) is 0. The van der Waals surface area contributed by atoms with Crippen LogP contribution in [0.4, 0.5) is 10.1 Å². The molecule has 0 aliphatic rings. The zero-order valence-corrected chi connectivity index (χ0v) is 14.5. The van der Waals surface area contributed by atoms with Crippen LogP contribution in [0.2, 0.25) is 5.02 Å². The zero-order chi connectivity index (χ0) is 15.6. The van der Waals surface area contributed by atoms with Crippen molar-refractivity contribution >= 4 is 33.2 Å². The number of rotatable bonds is 4. The molecule has 2 aromatic rings. The van der Waals surface area contributed by atoms with E-state index in [1.54, 1.807) is 19.2 Å². The predicted molar refractivity (Wildman–Crippen MR) is 90.8 cm³/mol. The molecule has 0 saturated heterocycles. The molecule has 0 bridgehead atoms. The van der Waals surface area contributed by atoms with E-state index in [2.05, 4.69) is 21.2 Å². The van der Waals surface area contributed by atoms with Crippen molar-refractivity contribution in [3.63, 3.8) is 0 Å². The topological polar surface area (TPSA) is 15.3 Å². The van der Waals surface area contributed by atoms with Crippen molar-refractivity contribution in [1.82, 2.24) is 5.32 Å². The highest BCUT2D eigenvalue weighted by Gasteiger charge is 2.19. The van der Waals surface area contributed by atoms with E-state index in [4.69, 9.17) is 11.6 Å². The quantitative estimate of drug-likeness (QED) is 0.789. The van der Waals surface area contributed by atoms with Crippen LogP contribution in [0.15, 0.2) is 40.9 Å². The number of anilines is 1. The molecule has 1 atom stereocenters. The minimum absolute atomic E-state index is 0.109. The van der Waals surface area contributed by atoms with Crippen LogP contribution >= 0.6 is 27.5 Å². The van der Waals surface area contributed by atoms with Crippen molar-refractivity contribution in [3.8, 4) is 0 Å². The maximum Gasteiger partial charge on any atom is 0.148 e. The Hall–Kier alpha value is -1.10. The summed E-state index contributed by atoms with van der Waals surface area (Å²) in [5.74, 6) is -0.401. The summed E-state index contributed by atoms with van der Waals surface area (Å²) in [5.41, 5.74) is 2.62. The molecule has 112 valence electrons. The highest BCUT2D eigenvalue weighted by molar-refractivity contribution is 9.10. The van der Waals surface area contributed by atoms with E-state index in [0.717, 1.165) is 11.3 Å². The molecule has 0 fully saturated rings. The van der Waals surface area contributed by atoms with E-state index in [9.17, 15) is 4.39 Å². The van der Waals surface area contributed by atoms with E-state index in [1.807, 2.05) is 43.3 Å². The Kier molecular flexibility index (Phi) is 5.25. The van der Waals surface area contributed by atoms with Crippen LogP contribution in [-0.2, 0) is 0 Å². The van der Waals surface area contributed by atoms with Gasteiger partial charge in [-0.15, -0.1) is 0 Å². The number of halogens is 3. The second-order valence-corrected chi connectivity index (χ2v) is 6.20. The molecule has 0 aromatic heterocycles. The van der Waals surface area contributed by atoms with Crippen molar-refractivity contribution in [3.05, 3.63) is 62.8 Å². The third-order valence-corrected chi connectivity index (χ3v) is 4.67. The molecule has 5 heteroatoms. The second kappa shape index (κ2) is 6.77. The Morgan fingerprint density at radius 2 is 1.76 bits per heavy atom. The van der Waals surface area contributed by atoms with E-state index < -0.39 is 5.82 Å². The van der Waals surface area contributed by atoms with Crippen LogP contribution in [0.3, 0.4) is 0 Å². The largest absolute Gasteiger partial charge is 0.378 e. The van der Waals surface area contributed by atoms with E-state index in [0.29, 0.717) is 10.0 Å². The molecule has 0 saturated carbocycles. The maximum absolute atomic E-state index is 14.4. The van der Waals surface area contributed by atoms with Crippen LogP contribution in [0.25, 0.3) is 0 Å². The number of nitrogens with one attached hydrogen (secondary N) is 1. The molecular formula is C16H17BrClFN2. The van der Waals surface area contributed by atoms with Crippen molar-refractivity contribution in [2.75, 3.05) is 26.0 Å². The molecule has 21 heavy (non-hydrogen) atoms. The number of benzene rings is 2. The van der Waals surface area contributed by atoms with Gasteiger partial charge in [-0.1, -0.05) is 29.8 Å². The summed E-state index contributed by atoms with van der Waals surface area (Å²) in [5, 5.41) is 3.25. The standard InChI is InChI=1S/C16H17BrClFN2/c1-20-16(10-4-6-11(7-5-10)21(2)3)12-8-9-13(17)14(18)15(12)19/h4-9,16,20H,1-3H3. The molecule has 2 aromatic carbocycles. The number of hydrogen-bond donors (Lipinski definition) is 1. The lowest BCUT2D eigenvalue weighted by Gasteiger charge is -2.20. The van der Waals surface area contributed by atoms with Gasteiger partial charge in [0.15, 0.2) is 0 Å². The summed E-state index contributed by atoms with van der Waals surface area (Å²) >= 11 is 9.22. The predicted octanol–water partition coefficient (Wildman–Crippen LogP) is 4.62. The van der Waals surface area contributed by atoms with Crippen LogP contribution < -0.4 is 10.2 Å². The third-order valence-electron chi connectivity index (χ3n) is 3.41. The number of nitrogens with zero attached hydrogens (tertiary/aromatic N) is 1. The van der Waals surface area contributed by atoms with Gasteiger partial charge >= 0.3 is 0 Å². The van der Waals surface area contributed by atoms with Gasteiger partial charge in [-0.25, -0.2) is 4.39 Å². The Balaban J connectivity index is 2.42. The second-order valence-electron chi connectivity index (χ2n) is 4.97. The van der Waals surface area contributed by atoms with Crippen LogP contribution in [-0.4, -0.2) is 21.1 Å². The third kappa shape index (κ3) is 3.39. The molecule has 0 radical (unpaired) electrons. The van der Waals surface area contributed by atoms with E-state index in [1.165, 1.54) is 0 Å².